The Hall–Kier alpha value is -2.59. The summed E-state index contributed by atoms with van der Waals surface area (Å²) in [6, 6.07) is 17.2. The summed E-state index contributed by atoms with van der Waals surface area (Å²) in [6.45, 7) is 2.33. The molecule has 2 aromatic carbocycles. The first-order valence-corrected chi connectivity index (χ1v) is 8.52. The van der Waals surface area contributed by atoms with Gasteiger partial charge in [0.1, 0.15) is 11.5 Å². The normalized spacial score (nSPS) is 10.6. The van der Waals surface area contributed by atoms with Crippen molar-refractivity contribution >= 4 is 17.5 Å². The highest BCUT2D eigenvalue weighted by Gasteiger charge is 2.13. The highest BCUT2D eigenvalue weighted by atomic mass is 35.5. The van der Waals surface area contributed by atoms with Gasteiger partial charge >= 0.3 is 0 Å². The molecular weight excluding hydrogens is 336 g/mol. The fourth-order valence-electron chi connectivity index (χ4n) is 2.63. The van der Waals surface area contributed by atoms with Gasteiger partial charge in [-0.15, -0.1) is 0 Å². The molecule has 25 heavy (non-hydrogen) atoms. The number of aryl methyl sites for hydroxylation is 1. The van der Waals surface area contributed by atoms with E-state index in [1.54, 1.807) is 12.1 Å². The molecule has 0 spiro atoms. The molecule has 0 saturated heterocycles. The number of hydrogen-bond acceptors (Lipinski definition) is 3. The lowest BCUT2D eigenvalue weighted by Crippen LogP contribution is -2.27. The summed E-state index contributed by atoms with van der Waals surface area (Å²) in [7, 11) is 0. The average molecular weight is 355 g/mol. The van der Waals surface area contributed by atoms with Gasteiger partial charge in [-0.05, 0) is 17.7 Å². The fraction of sp³-hybridized carbons (Fsp3) is 0.200. The van der Waals surface area contributed by atoms with E-state index in [1.165, 1.54) is 0 Å². The summed E-state index contributed by atoms with van der Waals surface area (Å²) in [5, 5.41) is 3.59. The second-order valence-electron chi connectivity index (χ2n) is 5.77. The van der Waals surface area contributed by atoms with Crippen LogP contribution in [0.15, 0.2) is 59.0 Å². The lowest BCUT2D eigenvalue weighted by molar-refractivity contribution is -0.120. The van der Waals surface area contributed by atoms with E-state index in [0.717, 1.165) is 22.6 Å². The van der Waals surface area contributed by atoms with Gasteiger partial charge in [0.15, 0.2) is 5.89 Å². The van der Waals surface area contributed by atoms with Crippen molar-refractivity contribution in [1.82, 2.24) is 10.3 Å². The fourth-order valence-corrected chi connectivity index (χ4v) is 2.75. The Morgan fingerprint density at radius 1 is 1.12 bits per heavy atom. The second-order valence-corrected chi connectivity index (χ2v) is 6.21. The van der Waals surface area contributed by atoms with Crippen LogP contribution in [0, 0.1) is 6.92 Å². The van der Waals surface area contributed by atoms with Crippen molar-refractivity contribution in [3.8, 4) is 11.3 Å². The Morgan fingerprint density at radius 2 is 1.84 bits per heavy atom. The molecule has 0 aliphatic rings. The molecule has 0 atom stereocenters. The van der Waals surface area contributed by atoms with Crippen LogP contribution in [0.5, 0.6) is 0 Å². The van der Waals surface area contributed by atoms with E-state index in [1.807, 2.05) is 49.4 Å². The summed E-state index contributed by atoms with van der Waals surface area (Å²) in [4.78, 5) is 16.5. The van der Waals surface area contributed by atoms with Gasteiger partial charge in [-0.3, -0.25) is 4.79 Å². The first kappa shape index (κ1) is 17.2. The number of hydrogen-bond donors (Lipinski definition) is 1. The molecule has 5 heteroatoms. The minimum atomic E-state index is -0.0279. The van der Waals surface area contributed by atoms with Crippen LogP contribution in [0.1, 0.15) is 17.2 Å². The van der Waals surface area contributed by atoms with Gasteiger partial charge in [0.25, 0.3) is 0 Å². The SMILES string of the molecule is Cc1nc(-c2ccccc2)c(CCNC(=O)Cc2ccc(Cl)cc2)o1. The molecule has 0 aliphatic heterocycles. The molecule has 1 N–H and O–H groups in total. The van der Waals surface area contributed by atoms with Gasteiger partial charge in [-0.1, -0.05) is 54.1 Å². The summed E-state index contributed by atoms with van der Waals surface area (Å²) in [5.74, 6) is 1.39. The molecule has 0 aliphatic carbocycles. The Kier molecular flexibility index (Phi) is 5.51. The highest BCUT2D eigenvalue weighted by molar-refractivity contribution is 6.30. The summed E-state index contributed by atoms with van der Waals surface area (Å²) in [5.41, 5.74) is 2.79. The van der Waals surface area contributed by atoms with E-state index < -0.39 is 0 Å². The zero-order valence-electron chi connectivity index (χ0n) is 14.0. The van der Waals surface area contributed by atoms with E-state index in [9.17, 15) is 4.79 Å². The van der Waals surface area contributed by atoms with Crippen molar-refractivity contribution in [2.75, 3.05) is 6.54 Å². The number of amides is 1. The van der Waals surface area contributed by atoms with Crippen LogP contribution in [-0.4, -0.2) is 17.4 Å². The van der Waals surface area contributed by atoms with E-state index in [2.05, 4.69) is 10.3 Å². The minimum Gasteiger partial charge on any atom is -0.445 e. The number of halogens is 1. The Balaban J connectivity index is 1.57. The third kappa shape index (κ3) is 4.70. The van der Waals surface area contributed by atoms with Crippen LogP contribution in [0.3, 0.4) is 0 Å². The summed E-state index contributed by atoms with van der Waals surface area (Å²) < 4.78 is 5.71. The number of aromatic nitrogens is 1. The molecule has 4 nitrogen and oxygen atoms in total. The highest BCUT2D eigenvalue weighted by Crippen LogP contribution is 2.23. The third-order valence-electron chi connectivity index (χ3n) is 3.80. The standard InChI is InChI=1S/C20H19ClN2O2/c1-14-23-20(16-5-3-2-4-6-16)18(25-14)11-12-22-19(24)13-15-7-9-17(21)10-8-15/h2-10H,11-13H2,1H3,(H,22,24). The Bertz CT molecular complexity index is 842. The predicted molar refractivity (Wildman–Crippen MR) is 98.5 cm³/mol. The van der Waals surface area contributed by atoms with Crippen molar-refractivity contribution in [3.63, 3.8) is 0 Å². The van der Waals surface area contributed by atoms with Gasteiger partial charge in [0, 0.05) is 30.5 Å². The van der Waals surface area contributed by atoms with Crippen molar-refractivity contribution in [2.45, 2.75) is 19.8 Å². The molecular formula is C20H19ClN2O2. The van der Waals surface area contributed by atoms with Crippen molar-refractivity contribution in [3.05, 3.63) is 76.8 Å². The average Bonchev–Trinajstić information content (AvgIpc) is 2.98. The van der Waals surface area contributed by atoms with E-state index in [4.69, 9.17) is 16.0 Å². The molecule has 0 bridgehead atoms. The van der Waals surface area contributed by atoms with Gasteiger partial charge in [0.2, 0.25) is 5.91 Å². The Labute approximate surface area is 151 Å². The summed E-state index contributed by atoms with van der Waals surface area (Å²) in [6.07, 6.45) is 0.926. The zero-order valence-corrected chi connectivity index (χ0v) is 14.7. The molecule has 1 aromatic heterocycles. The summed E-state index contributed by atoms with van der Waals surface area (Å²) >= 11 is 5.85. The quantitative estimate of drug-likeness (QED) is 0.721. The maximum atomic E-state index is 12.1. The smallest absolute Gasteiger partial charge is 0.224 e. The molecule has 128 valence electrons. The van der Waals surface area contributed by atoms with E-state index >= 15 is 0 Å². The van der Waals surface area contributed by atoms with Gasteiger partial charge < -0.3 is 9.73 Å². The molecule has 0 fully saturated rings. The number of nitrogens with one attached hydrogen (secondary N) is 1. The number of carbonyl (C=O) groups excluding carboxylic acids is 1. The van der Waals surface area contributed by atoms with Crippen LogP contribution in [-0.2, 0) is 17.6 Å². The second kappa shape index (κ2) is 7.99. The van der Waals surface area contributed by atoms with Crippen LogP contribution < -0.4 is 5.32 Å². The lowest BCUT2D eigenvalue weighted by Gasteiger charge is -2.05. The number of oxazole rings is 1. The number of benzene rings is 2. The maximum Gasteiger partial charge on any atom is 0.224 e. The van der Waals surface area contributed by atoms with Gasteiger partial charge in [0.05, 0.1) is 6.42 Å². The van der Waals surface area contributed by atoms with E-state index in [0.29, 0.717) is 30.3 Å². The van der Waals surface area contributed by atoms with Crippen LogP contribution in [0.4, 0.5) is 0 Å². The molecule has 0 saturated carbocycles. The predicted octanol–water partition coefficient (Wildman–Crippen LogP) is 4.20. The molecule has 0 radical (unpaired) electrons. The van der Waals surface area contributed by atoms with Crippen LogP contribution in [0.25, 0.3) is 11.3 Å². The third-order valence-corrected chi connectivity index (χ3v) is 4.06. The first-order chi connectivity index (χ1) is 12.1. The van der Waals surface area contributed by atoms with Crippen LogP contribution >= 0.6 is 11.6 Å². The Morgan fingerprint density at radius 3 is 2.56 bits per heavy atom. The monoisotopic (exact) mass is 354 g/mol. The van der Waals surface area contributed by atoms with Gasteiger partial charge in [-0.25, -0.2) is 4.98 Å². The molecule has 0 unspecified atom stereocenters. The first-order valence-electron chi connectivity index (χ1n) is 8.14. The van der Waals surface area contributed by atoms with Crippen LogP contribution in [0.2, 0.25) is 5.02 Å². The lowest BCUT2D eigenvalue weighted by atomic mass is 10.1. The maximum absolute atomic E-state index is 12.1. The minimum absolute atomic E-state index is 0.0279. The zero-order chi connectivity index (χ0) is 17.6. The largest absolute Gasteiger partial charge is 0.445 e. The number of carbonyl (C=O) groups is 1. The number of nitrogens with zero attached hydrogens (tertiary/aromatic N) is 1. The number of rotatable bonds is 6. The molecule has 1 amide bonds. The van der Waals surface area contributed by atoms with Crippen molar-refractivity contribution in [2.24, 2.45) is 0 Å². The molecule has 1 heterocycles. The molecule has 3 rings (SSSR count). The topological polar surface area (TPSA) is 55.1 Å². The van der Waals surface area contributed by atoms with E-state index in [-0.39, 0.29) is 5.91 Å². The van der Waals surface area contributed by atoms with Gasteiger partial charge in [-0.2, -0.15) is 0 Å². The van der Waals surface area contributed by atoms with Crippen molar-refractivity contribution in [1.29, 1.82) is 0 Å². The molecule has 3 aromatic rings. The van der Waals surface area contributed by atoms with Crippen molar-refractivity contribution < 1.29 is 9.21 Å².